The van der Waals surface area contributed by atoms with Crippen LogP contribution in [0.25, 0.3) is 0 Å². The standard InChI is InChI=1S/C13H14N2O3/c1-2-6-14-13(16)10-3-4-12(15-8-10)18-11-5-7-17-9-11/h1,3-4,8,11H,5-7,9H2,(H,14,16). The van der Waals surface area contributed by atoms with Crippen molar-refractivity contribution in [3.8, 4) is 18.2 Å². The highest BCUT2D eigenvalue weighted by atomic mass is 16.5. The van der Waals surface area contributed by atoms with E-state index in [1.807, 2.05) is 0 Å². The van der Waals surface area contributed by atoms with Crippen LogP contribution in [-0.4, -0.2) is 36.8 Å². The second-order valence-electron chi connectivity index (χ2n) is 3.88. The summed E-state index contributed by atoms with van der Waals surface area (Å²) in [6.45, 7) is 1.51. The summed E-state index contributed by atoms with van der Waals surface area (Å²) in [5.41, 5.74) is 0.459. The molecule has 1 aliphatic heterocycles. The molecule has 0 bridgehead atoms. The lowest BCUT2D eigenvalue weighted by Crippen LogP contribution is -2.23. The van der Waals surface area contributed by atoms with Crippen molar-refractivity contribution in [1.29, 1.82) is 0 Å². The SMILES string of the molecule is C#CCNC(=O)c1ccc(OC2CCOC2)nc1. The Bertz CT molecular complexity index is 444. The van der Waals surface area contributed by atoms with E-state index in [2.05, 4.69) is 16.2 Å². The van der Waals surface area contributed by atoms with Gasteiger partial charge in [-0.2, -0.15) is 0 Å². The van der Waals surface area contributed by atoms with Gasteiger partial charge in [-0.3, -0.25) is 4.79 Å². The molecule has 1 amide bonds. The number of nitrogens with one attached hydrogen (secondary N) is 1. The average Bonchev–Trinajstić information content (AvgIpc) is 2.89. The molecule has 0 aromatic carbocycles. The van der Waals surface area contributed by atoms with Crippen LogP contribution in [0.4, 0.5) is 0 Å². The molecule has 2 heterocycles. The predicted octanol–water partition coefficient (Wildman–Crippen LogP) is 0.612. The van der Waals surface area contributed by atoms with Gasteiger partial charge in [0.1, 0.15) is 6.10 Å². The fourth-order valence-corrected chi connectivity index (χ4v) is 1.59. The van der Waals surface area contributed by atoms with Crippen molar-refractivity contribution in [3.05, 3.63) is 23.9 Å². The van der Waals surface area contributed by atoms with E-state index in [1.54, 1.807) is 12.1 Å². The van der Waals surface area contributed by atoms with Crippen molar-refractivity contribution in [1.82, 2.24) is 10.3 Å². The zero-order valence-electron chi connectivity index (χ0n) is 9.89. The number of terminal acetylenes is 1. The Morgan fingerprint density at radius 1 is 1.67 bits per heavy atom. The molecular formula is C13H14N2O3. The number of rotatable bonds is 4. The fourth-order valence-electron chi connectivity index (χ4n) is 1.59. The number of hydrogen-bond donors (Lipinski definition) is 1. The molecule has 18 heavy (non-hydrogen) atoms. The minimum atomic E-state index is -0.240. The van der Waals surface area contributed by atoms with Crippen LogP contribution in [0, 0.1) is 12.3 Å². The van der Waals surface area contributed by atoms with E-state index in [-0.39, 0.29) is 18.6 Å². The molecule has 0 aliphatic carbocycles. The summed E-state index contributed by atoms with van der Waals surface area (Å²) in [6, 6.07) is 3.33. The molecule has 0 radical (unpaired) electrons. The number of amides is 1. The maximum absolute atomic E-state index is 11.6. The molecule has 94 valence electrons. The zero-order valence-corrected chi connectivity index (χ0v) is 9.89. The van der Waals surface area contributed by atoms with Crippen molar-refractivity contribution in [3.63, 3.8) is 0 Å². The van der Waals surface area contributed by atoms with E-state index in [9.17, 15) is 4.79 Å². The van der Waals surface area contributed by atoms with Gasteiger partial charge in [-0.25, -0.2) is 4.98 Å². The van der Waals surface area contributed by atoms with Crippen LogP contribution in [0.15, 0.2) is 18.3 Å². The quantitative estimate of drug-likeness (QED) is 0.791. The van der Waals surface area contributed by atoms with E-state index in [0.29, 0.717) is 18.1 Å². The number of hydrogen-bond acceptors (Lipinski definition) is 4. The average molecular weight is 246 g/mol. The highest BCUT2D eigenvalue weighted by Crippen LogP contribution is 2.14. The first-order chi connectivity index (χ1) is 8.79. The van der Waals surface area contributed by atoms with Gasteiger partial charge in [0, 0.05) is 18.7 Å². The maximum atomic E-state index is 11.6. The second kappa shape index (κ2) is 6.03. The smallest absolute Gasteiger partial charge is 0.253 e. The maximum Gasteiger partial charge on any atom is 0.253 e. The van der Waals surface area contributed by atoms with Gasteiger partial charge in [-0.15, -0.1) is 6.42 Å². The van der Waals surface area contributed by atoms with Crippen molar-refractivity contribution in [2.24, 2.45) is 0 Å². The lowest BCUT2D eigenvalue weighted by atomic mass is 10.2. The zero-order chi connectivity index (χ0) is 12.8. The Hall–Kier alpha value is -2.06. The molecule has 5 nitrogen and oxygen atoms in total. The van der Waals surface area contributed by atoms with Gasteiger partial charge in [0.05, 0.1) is 25.3 Å². The summed E-state index contributed by atoms with van der Waals surface area (Å²) < 4.78 is 10.8. The molecule has 1 saturated heterocycles. The van der Waals surface area contributed by atoms with E-state index in [4.69, 9.17) is 15.9 Å². The monoisotopic (exact) mass is 246 g/mol. The molecule has 1 unspecified atom stereocenters. The number of ether oxygens (including phenoxy) is 2. The van der Waals surface area contributed by atoms with E-state index < -0.39 is 0 Å². The molecule has 1 aromatic heterocycles. The van der Waals surface area contributed by atoms with E-state index in [0.717, 1.165) is 13.0 Å². The summed E-state index contributed by atoms with van der Waals surface area (Å²) in [7, 11) is 0. The normalized spacial score (nSPS) is 18.1. The Morgan fingerprint density at radius 3 is 3.17 bits per heavy atom. The molecule has 1 aromatic rings. The van der Waals surface area contributed by atoms with Gasteiger partial charge in [0.25, 0.3) is 5.91 Å². The molecule has 1 aliphatic rings. The van der Waals surface area contributed by atoms with Gasteiger partial charge < -0.3 is 14.8 Å². The highest BCUT2D eigenvalue weighted by Gasteiger charge is 2.17. The first kappa shape index (κ1) is 12.4. The van der Waals surface area contributed by atoms with Crippen LogP contribution in [-0.2, 0) is 4.74 Å². The molecule has 1 atom stereocenters. The molecule has 1 N–H and O–H groups in total. The Labute approximate surface area is 106 Å². The molecule has 0 saturated carbocycles. The van der Waals surface area contributed by atoms with Crippen LogP contribution in [0.3, 0.4) is 0 Å². The molecule has 0 spiro atoms. The summed E-state index contributed by atoms with van der Waals surface area (Å²) in [4.78, 5) is 15.6. The van der Waals surface area contributed by atoms with Gasteiger partial charge in [-0.05, 0) is 6.07 Å². The molecular weight excluding hydrogens is 232 g/mol. The largest absolute Gasteiger partial charge is 0.472 e. The van der Waals surface area contributed by atoms with Crippen LogP contribution in [0.5, 0.6) is 5.88 Å². The van der Waals surface area contributed by atoms with Crippen LogP contribution in [0.2, 0.25) is 0 Å². The van der Waals surface area contributed by atoms with Crippen LogP contribution < -0.4 is 10.1 Å². The third-order valence-corrected chi connectivity index (χ3v) is 2.52. The number of carbonyl (C=O) groups excluding carboxylic acids is 1. The number of pyridine rings is 1. The van der Waals surface area contributed by atoms with E-state index in [1.165, 1.54) is 6.20 Å². The Balaban J connectivity index is 1.92. The first-order valence-electron chi connectivity index (χ1n) is 5.71. The van der Waals surface area contributed by atoms with Crippen molar-refractivity contribution < 1.29 is 14.3 Å². The van der Waals surface area contributed by atoms with Crippen LogP contribution in [0.1, 0.15) is 16.8 Å². The van der Waals surface area contributed by atoms with Crippen molar-refractivity contribution in [2.75, 3.05) is 19.8 Å². The third-order valence-electron chi connectivity index (χ3n) is 2.52. The Morgan fingerprint density at radius 2 is 2.56 bits per heavy atom. The first-order valence-corrected chi connectivity index (χ1v) is 5.71. The van der Waals surface area contributed by atoms with Gasteiger partial charge in [-0.1, -0.05) is 5.92 Å². The summed E-state index contributed by atoms with van der Waals surface area (Å²) >= 11 is 0. The minimum absolute atomic E-state index is 0.0543. The summed E-state index contributed by atoms with van der Waals surface area (Å²) in [6.07, 6.45) is 7.45. The van der Waals surface area contributed by atoms with Crippen molar-refractivity contribution >= 4 is 5.91 Å². The third kappa shape index (κ3) is 3.22. The Kier molecular flexibility index (Phi) is 4.15. The van der Waals surface area contributed by atoms with Gasteiger partial charge in [0.15, 0.2) is 0 Å². The molecule has 2 rings (SSSR count). The van der Waals surface area contributed by atoms with Crippen molar-refractivity contribution in [2.45, 2.75) is 12.5 Å². The number of aromatic nitrogens is 1. The van der Waals surface area contributed by atoms with Crippen LogP contribution >= 0.6 is 0 Å². The lowest BCUT2D eigenvalue weighted by molar-refractivity contribution is 0.0958. The molecule has 1 fully saturated rings. The fraction of sp³-hybridized carbons (Fsp3) is 0.385. The number of nitrogens with zero attached hydrogens (tertiary/aromatic N) is 1. The van der Waals surface area contributed by atoms with Gasteiger partial charge in [0.2, 0.25) is 5.88 Å². The highest BCUT2D eigenvalue weighted by molar-refractivity contribution is 5.94. The summed E-state index contributed by atoms with van der Waals surface area (Å²) in [5.74, 6) is 2.60. The predicted molar refractivity (Wildman–Crippen MR) is 65.3 cm³/mol. The van der Waals surface area contributed by atoms with E-state index >= 15 is 0 Å². The summed E-state index contributed by atoms with van der Waals surface area (Å²) in [5, 5.41) is 2.57. The number of carbonyl (C=O) groups is 1. The lowest BCUT2D eigenvalue weighted by Gasteiger charge is -2.10. The topological polar surface area (TPSA) is 60.5 Å². The minimum Gasteiger partial charge on any atom is -0.472 e. The van der Waals surface area contributed by atoms with Gasteiger partial charge >= 0.3 is 0 Å². The molecule has 5 heteroatoms. The second-order valence-corrected chi connectivity index (χ2v) is 3.88.